The molecule has 0 N–H and O–H groups in total. The van der Waals surface area contributed by atoms with Gasteiger partial charge in [-0.3, -0.25) is 4.79 Å². The predicted molar refractivity (Wildman–Crippen MR) is 70.2 cm³/mol. The molecule has 0 atom stereocenters. The number of ketones is 1. The van der Waals surface area contributed by atoms with Crippen molar-refractivity contribution in [3.05, 3.63) is 70.8 Å². The normalized spacial score (nSPS) is 10.5. The Labute approximate surface area is 110 Å². The van der Waals surface area contributed by atoms with Crippen LogP contribution >= 0.6 is 0 Å². The van der Waals surface area contributed by atoms with E-state index in [0.29, 0.717) is 6.42 Å². The van der Waals surface area contributed by atoms with Crippen molar-refractivity contribution in [1.29, 1.82) is 0 Å². The Kier molecular flexibility index (Phi) is 4.05. The topological polar surface area (TPSA) is 17.1 Å². The number of halogens is 2. The molecule has 0 spiro atoms. The van der Waals surface area contributed by atoms with E-state index in [9.17, 15) is 13.6 Å². The zero-order valence-corrected chi connectivity index (χ0v) is 10.6. The lowest BCUT2D eigenvalue weighted by Gasteiger charge is -2.05. The highest BCUT2D eigenvalue weighted by Crippen LogP contribution is 2.14. The van der Waals surface area contributed by atoms with Crippen LogP contribution in [-0.2, 0) is 6.42 Å². The molecule has 0 fully saturated rings. The first-order valence-electron chi connectivity index (χ1n) is 6.10. The number of carbonyl (C=O) groups is 1. The van der Waals surface area contributed by atoms with Crippen LogP contribution in [0.1, 0.15) is 27.9 Å². The molecule has 0 aliphatic carbocycles. The standard InChI is InChI=1S/C16H14F2O/c1-11-4-2-3-5-12(11)6-7-16(19)13-8-14(17)10-15(18)9-13/h2-5,8-10H,6-7H2,1H3. The maximum absolute atomic E-state index is 13.0. The average molecular weight is 260 g/mol. The third kappa shape index (κ3) is 3.47. The Morgan fingerprint density at radius 3 is 2.32 bits per heavy atom. The quantitative estimate of drug-likeness (QED) is 0.757. The summed E-state index contributed by atoms with van der Waals surface area (Å²) in [5.74, 6) is -1.69. The molecule has 0 aliphatic rings. The van der Waals surface area contributed by atoms with Gasteiger partial charge in [-0.05, 0) is 36.6 Å². The summed E-state index contributed by atoms with van der Waals surface area (Å²) in [6.45, 7) is 1.97. The van der Waals surface area contributed by atoms with Crippen molar-refractivity contribution < 1.29 is 13.6 Å². The van der Waals surface area contributed by atoms with Gasteiger partial charge < -0.3 is 0 Å². The van der Waals surface area contributed by atoms with Crippen molar-refractivity contribution in [3.63, 3.8) is 0 Å². The van der Waals surface area contributed by atoms with Crippen LogP contribution < -0.4 is 0 Å². The number of benzene rings is 2. The second kappa shape index (κ2) is 5.74. The Balaban J connectivity index is 2.08. The van der Waals surface area contributed by atoms with Crippen molar-refractivity contribution in [3.8, 4) is 0 Å². The second-order valence-corrected chi connectivity index (χ2v) is 4.51. The Morgan fingerprint density at radius 2 is 1.68 bits per heavy atom. The Hall–Kier alpha value is -2.03. The zero-order chi connectivity index (χ0) is 13.8. The number of hydrogen-bond donors (Lipinski definition) is 0. The van der Waals surface area contributed by atoms with Gasteiger partial charge in [0, 0.05) is 18.1 Å². The molecule has 0 radical (unpaired) electrons. The average Bonchev–Trinajstić information content (AvgIpc) is 2.36. The van der Waals surface area contributed by atoms with Crippen LogP contribution in [0.25, 0.3) is 0 Å². The van der Waals surface area contributed by atoms with Crippen LogP contribution in [-0.4, -0.2) is 5.78 Å². The minimum atomic E-state index is -0.723. The molecule has 0 saturated heterocycles. The molecule has 1 nitrogen and oxygen atoms in total. The number of hydrogen-bond acceptors (Lipinski definition) is 1. The van der Waals surface area contributed by atoms with Crippen LogP contribution in [0.5, 0.6) is 0 Å². The number of rotatable bonds is 4. The Morgan fingerprint density at radius 1 is 1.05 bits per heavy atom. The molecular weight excluding hydrogens is 246 g/mol. The molecule has 0 amide bonds. The smallest absolute Gasteiger partial charge is 0.163 e. The number of Topliss-reactive ketones (excluding diaryl/α,β-unsaturated/α-hetero) is 1. The molecule has 2 aromatic carbocycles. The van der Waals surface area contributed by atoms with Crippen LogP contribution in [0.3, 0.4) is 0 Å². The second-order valence-electron chi connectivity index (χ2n) is 4.51. The molecule has 0 unspecified atom stereocenters. The minimum Gasteiger partial charge on any atom is -0.294 e. The lowest BCUT2D eigenvalue weighted by Crippen LogP contribution is -2.03. The van der Waals surface area contributed by atoms with E-state index < -0.39 is 11.6 Å². The van der Waals surface area contributed by atoms with E-state index in [4.69, 9.17) is 0 Å². The van der Waals surface area contributed by atoms with Gasteiger partial charge in [0.05, 0.1) is 0 Å². The maximum atomic E-state index is 13.0. The van der Waals surface area contributed by atoms with Gasteiger partial charge in [0.2, 0.25) is 0 Å². The first-order chi connectivity index (χ1) is 9.06. The van der Waals surface area contributed by atoms with E-state index in [2.05, 4.69) is 0 Å². The van der Waals surface area contributed by atoms with Crippen molar-refractivity contribution >= 4 is 5.78 Å². The fraction of sp³-hybridized carbons (Fsp3) is 0.188. The fourth-order valence-electron chi connectivity index (χ4n) is 2.00. The first-order valence-corrected chi connectivity index (χ1v) is 6.10. The van der Waals surface area contributed by atoms with Crippen LogP contribution in [0, 0.1) is 18.6 Å². The summed E-state index contributed by atoms with van der Waals surface area (Å²) in [6.07, 6.45) is 0.817. The molecule has 19 heavy (non-hydrogen) atoms. The molecule has 3 heteroatoms. The fourth-order valence-corrected chi connectivity index (χ4v) is 2.00. The highest BCUT2D eigenvalue weighted by Gasteiger charge is 2.10. The van der Waals surface area contributed by atoms with Gasteiger partial charge in [-0.25, -0.2) is 8.78 Å². The van der Waals surface area contributed by atoms with Crippen LogP contribution in [0.15, 0.2) is 42.5 Å². The molecule has 0 heterocycles. The summed E-state index contributed by atoms with van der Waals surface area (Å²) in [5, 5.41) is 0. The van der Waals surface area contributed by atoms with Gasteiger partial charge in [0.15, 0.2) is 5.78 Å². The molecule has 2 aromatic rings. The number of carbonyl (C=O) groups excluding carboxylic acids is 1. The van der Waals surface area contributed by atoms with E-state index in [0.717, 1.165) is 29.3 Å². The molecule has 2 rings (SSSR count). The van der Waals surface area contributed by atoms with E-state index >= 15 is 0 Å². The van der Waals surface area contributed by atoms with Gasteiger partial charge in [0.1, 0.15) is 11.6 Å². The third-order valence-corrected chi connectivity index (χ3v) is 3.07. The molecule has 0 bridgehead atoms. The van der Waals surface area contributed by atoms with Gasteiger partial charge in [-0.15, -0.1) is 0 Å². The van der Waals surface area contributed by atoms with Crippen molar-refractivity contribution in [1.82, 2.24) is 0 Å². The van der Waals surface area contributed by atoms with E-state index in [1.54, 1.807) is 0 Å². The largest absolute Gasteiger partial charge is 0.294 e. The third-order valence-electron chi connectivity index (χ3n) is 3.07. The highest BCUT2D eigenvalue weighted by atomic mass is 19.1. The lowest BCUT2D eigenvalue weighted by molar-refractivity contribution is 0.0982. The summed E-state index contributed by atoms with van der Waals surface area (Å²) in [7, 11) is 0. The first kappa shape index (κ1) is 13.4. The molecule has 0 aromatic heterocycles. The Bertz CT molecular complexity index is 585. The van der Waals surface area contributed by atoms with Crippen LogP contribution in [0.4, 0.5) is 8.78 Å². The molecular formula is C16H14F2O. The van der Waals surface area contributed by atoms with Crippen molar-refractivity contribution in [2.24, 2.45) is 0 Å². The van der Waals surface area contributed by atoms with Gasteiger partial charge in [-0.1, -0.05) is 24.3 Å². The molecule has 0 saturated carbocycles. The van der Waals surface area contributed by atoms with Crippen LogP contribution in [0.2, 0.25) is 0 Å². The number of aryl methyl sites for hydroxylation is 2. The predicted octanol–water partition coefficient (Wildman–Crippen LogP) is 4.09. The van der Waals surface area contributed by atoms with E-state index in [1.807, 2.05) is 31.2 Å². The highest BCUT2D eigenvalue weighted by molar-refractivity contribution is 5.96. The monoisotopic (exact) mass is 260 g/mol. The summed E-state index contributed by atoms with van der Waals surface area (Å²) < 4.78 is 26.0. The van der Waals surface area contributed by atoms with E-state index in [1.165, 1.54) is 0 Å². The maximum Gasteiger partial charge on any atom is 0.163 e. The summed E-state index contributed by atoms with van der Waals surface area (Å²) in [5.41, 5.74) is 2.28. The minimum absolute atomic E-state index is 0.0890. The summed E-state index contributed by atoms with van der Waals surface area (Å²) >= 11 is 0. The van der Waals surface area contributed by atoms with Gasteiger partial charge in [0.25, 0.3) is 0 Å². The molecule has 0 aliphatic heterocycles. The van der Waals surface area contributed by atoms with Gasteiger partial charge in [-0.2, -0.15) is 0 Å². The SMILES string of the molecule is Cc1ccccc1CCC(=O)c1cc(F)cc(F)c1. The molecule has 98 valence electrons. The summed E-state index contributed by atoms with van der Waals surface area (Å²) in [4.78, 5) is 11.9. The van der Waals surface area contributed by atoms with Crippen molar-refractivity contribution in [2.45, 2.75) is 19.8 Å². The van der Waals surface area contributed by atoms with Crippen molar-refractivity contribution in [2.75, 3.05) is 0 Å². The lowest BCUT2D eigenvalue weighted by atomic mass is 10.00. The zero-order valence-electron chi connectivity index (χ0n) is 10.6. The van der Waals surface area contributed by atoms with Gasteiger partial charge >= 0.3 is 0 Å². The summed E-state index contributed by atoms with van der Waals surface area (Å²) in [6, 6.07) is 10.7. The van der Waals surface area contributed by atoms with E-state index in [-0.39, 0.29) is 17.8 Å².